The highest BCUT2D eigenvalue weighted by molar-refractivity contribution is 7.89. The number of hydrogen-bond donors (Lipinski definition) is 0. The van der Waals surface area contributed by atoms with Crippen LogP contribution >= 0.6 is 0 Å². The number of carbonyl (C=O) groups is 1. The van der Waals surface area contributed by atoms with Crippen molar-refractivity contribution in [1.29, 1.82) is 0 Å². The van der Waals surface area contributed by atoms with E-state index in [-0.39, 0.29) is 10.8 Å². The third-order valence-electron chi connectivity index (χ3n) is 6.96. The lowest BCUT2D eigenvalue weighted by Gasteiger charge is -2.33. The van der Waals surface area contributed by atoms with Crippen molar-refractivity contribution >= 4 is 27.0 Å². The Bertz CT molecular complexity index is 1070. The number of carbonyl (C=O) groups excluding carboxylic acids is 1. The van der Waals surface area contributed by atoms with Crippen LogP contribution < -0.4 is 0 Å². The van der Waals surface area contributed by atoms with Gasteiger partial charge in [-0.2, -0.15) is 4.31 Å². The number of aromatic nitrogens is 2. The quantitative estimate of drug-likeness (QED) is 0.584. The van der Waals surface area contributed by atoms with Crippen LogP contribution in [0, 0.1) is 0 Å². The molecule has 2 aromatic rings. The largest absolute Gasteiger partial charge is 0.379 e. The summed E-state index contributed by atoms with van der Waals surface area (Å²) in [4.78, 5) is 20.1. The van der Waals surface area contributed by atoms with Crippen molar-refractivity contribution in [1.82, 2.24) is 18.8 Å². The van der Waals surface area contributed by atoms with Crippen molar-refractivity contribution in [3.63, 3.8) is 0 Å². The molecule has 0 N–H and O–H groups in total. The van der Waals surface area contributed by atoms with E-state index in [1.54, 1.807) is 12.1 Å². The molecule has 0 spiro atoms. The number of hydrogen-bond acceptors (Lipinski definition) is 5. The van der Waals surface area contributed by atoms with Crippen molar-refractivity contribution < 1.29 is 17.9 Å². The zero-order valence-electron chi connectivity index (χ0n) is 19.8. The molecule has 4 rings (SSSR count). The van der Waals surface area contributed by atoms with Crippen molar-refractivity contribution in [2.24, 2.45) is 0 Å². The lowest BCUT2D eigenvalue weighted by Crippen LogP contribution is -2.41. The van der Waals surface area contributed by atoms with Crippen molar-refractivity contribution in [2.75, 3.05) is 32.8 Å². The molecule has 8 nitrogen and oxygen atoms in total. The van der Waals surface area contributed by atoms with Crippen molar-refractivity contribution in [3.8, 4) is 0 Å². The molecule has 0 bridgehead atoms. The van der Waals surface area contributed by atoms with Crippen LogP contribution in [-0.4, -0.2) is 72.0 Å². The van der Waals surface area contributed by atoms with E-state index < -0.39 is 10.0 Å². The van der Waals surface area contributed by atoms with Gasteiger partial charge in [0, 0.05) is 45.1 Å². The summed E-state index contributed by atoms with van der Waals surface area (Å²) in [6.45, 7) is 7.14. The summed E-state index contributed by atoms with van der Waals surface area (Å²) < 4.78 is 35.0. The maximum absolute atomic E-state index is 13.1. The predicted molar refractivity (Wildman–Crippen MR) is 128 cm³/mol. The van der Waals surface area contributed by atoms with Crippen LogP contribution in [0.1, 0.15) is 58.2 Å². The van der Waals surface area contributed by atoms with E-state index in [4.69, 9.17) is 9.72 Å². The Balaban J connectivity index is 1.52. The number of nitrogens with zero attached hydrogens (tertiary/aromatic N) is 4. The minimum absolute atomic E-state index is 0.190. The Labute approximate surface area is 196 Å². The van der Waals surface area contributed by atoms with Gasteiger partial charge in [0.1, 0.15) is 5.82 Å². The van der Waals surface area contributed by atoms with Gasteiger partial charge in [-0.05, 0) is 44.9 Å². The highest BCUT2D eigenvalue weighted by atomic mass is 32.2. The van der Waals surface area contributed by atoms with E-state index in [1.165, 1.54) is 23.6 Å². The van der Waals surface area contributed by atoms with Gasteiger partial charge >= 0.3 is 0 Å². The molecular formula is C24H36N4O4S. The van der Waals surface area contributed by atoms with E-state index in [2.05, 4.69) is 11.5 Å². The summed E-state index contributed by atoms with van der Waals surface area (Å²) in [5.74, 6) is 1.02. The summed E-state index contributed by atoms with van der Waals surface area (Å²) in [6, 6.07) is 5.54. The zero-order chi connectivity index (χ0) is 23.4. The highest BCUT2D eigenvalue weighted by Crippen LogP contribution is 2.26. The number of amides is 1. The fourth-order valence-corrected chi connectivity index (χ4v) is 6.62. The zero-order valence-corrected chi connectivity index (χ0v) is 20.6. The van der Waals surface area contributed by atoms with Crippen molar-refractivity contribution in [2.45, 2.75) is 76.3 Å². The first kappa shape index (κ1) is 24.2. The molecule has 0 unspecified atom stereocenters. The van der Waals surface area contributed by atoms with Crippen LogP contribution in [0.15, 0.2) is 23.1 Å². The average molecular weight is 477 g/mol. The van der Waals surface area contributed by atoms with Gasteiger partial charge < -0.3 is 14.2 Å². The molecule has 0 atom stereocenters. The molecule has 33 heavy (non-hydrogen) atoms. The molecule has 1 amide bonds. The van der Waals surface area contributed by atoms with Gasteiger partial charge in [0.05, 0.1) is 29.1 Å². The molecule has 1 aromatic heterocycles. The van der Waals surface area contributed by atoms with Gasteiger partial charge in [-0.25, -0.2) is 13.4 Å². The SMILES string of the molecule is CCN(C(=O)CCc1nc2cc(S(=O)(=O)N3CCOCC3)ccc2n1CC)C1CCCCC1. The number of rotatable bonds is 8. The fourth-order valence-electron chi connectivity index (χ4n) is 5.19. The van der Waals surface area contributed by atoms with Gasteiger partial charge in [-0.1, -0.05) is 19.3 Å². The number of imidazole rings is 1. The predicted octanol–water partition coefficient (Wildman–Crippen LogP) is 3.19. The average Bonchev–Trinajstić information content (AvgIpc) is 3.21. The third kappa shape index (κ3) is 5.10. The summed E-state index contributed by atoms with van der Waals surface area (Å²) in [5.41, 5.74) is 1.56. The second kappa shape index (κ2) is 10.5. The molecule has 1 aliphatic heterocycles. The highest BCUT2D eigenvalue weighted by Gasteiger charge is 2.28. The molecule has 1 aliphatic carbocycles. The summed E-state index contributed by atoms with van der Waals surface area (Å²) in [7, 11) is -3.57. The van der Waals surface area contributed by atoms with Crippen LogP contribution in [0.25, 0.3) is 11.0 Å². The number of morpholine rings is 1. The van der Waals surface area contributed by atoms with Crippen LogP contribution in [-0.2, 0) is 32.5 Å². The molecule has 1 saturated heterocycles. The Hall–Kier alpha value is -1.97. The fraction of sp³-hybridized carbons (Fsp3) is 0.667. The molecule has 182 valence electrons. The lowest BCUT2D eigenvalue weighted by atomic mass is 9.94. The van der Waals surface area contributed by atoms with Gasteiger partial charge in [-0.3, -0.25) is 4.79 Å². The number of sulfonamides is 1. The Kier molecular flexibility index (Phi) is 7.71. The Morgan fingerprint density at radius 1 is 1.15 bits per heavy atom. The van der Waals surface area contributed by atoms with Gasteiger partial charge in [0.15, 0.2) is 0 Å². The Morgan fingerprint density at radius 3 is 2.55 bits per heavy atom. The standard InChI is InChI=1S/C24H36N4O4S/c1-3-27(19-8-6-5-7-9-19)24(29)13-12-23-25-21-18-20(10-11-22(21)28(23)4-2)33(30,31)26-14-16-32-17-15-26/h10-11,18-19H,3-9,12-17H2,1-2H3. The third-order valence-corrected chi connectivity index (χ3v) is 8.86. The van der Waals surface area contributed by atoms with Crippen LogP contribution in [0.3, 0.4) is 0 Å². The first-order valence-corrected chi connectivity index (χ1v) is 13.8. The van der Waals surface area contributed by atoms with E-state index in [0.29, 0.717) is 50.7 Å². The maximum atomic E-state index is 13.1. The van der Waals surface area contributed by atoms with E-state index in [0.717, 1.165) is 37.3 Å². The number of aryl methyl sites for hydroxylation is 2. The molecule has 2 heterocycles. The maximum Gasteiger partial charge on any atom is 0.243 e. The van der Waals surface area contributed by atoms with Gasteiger partial charge in [0.2, 0.25) is 15.9 Å². The first-order chi connectivity index (χ1) is 16.0. The van der Waals surface area contributed by atoms with Gasteiger partial charge in [0.25, 0.3) is 0 Å². The van der Waals surface area contributed by atoms with E-state index in [9.17, 15) is 13.2 Å². The molecule has 1 saturated carbocycles. The molecule has 0 radical (unpaired) electrons. The van der Waals surface area contributed by atoms with Crippen LogP contribution in [0.2, 0.25) is 0 Å². The molecular weight excluding hydrogens is 440 g/mol. The molecule has 1 aromatic carbocycles. The number of ether oxygens (including phenoxy) is 1. The second-order valence-corrected chi connectivity index (χ2v) is 10.8. The summed E-state index contributed by atoms with van der Waals surface area (Å²) in [6.07, 6.45) is 6.86. The lowest BCUT2D eigenvalue weighted by molar-refractivity contribution is -0.133. The molecule has 9 heteroatoms. The number of fused-ring (bicyclic) bond motifs is 1. The first-order valence-electron chi connectivity index (χ1n) is 12.3. The normalized spacial score (nSPS) is 18.6. The van der Waals surface area contributed by atoms with Crippen molar-refractivity contribution in [3.05, 3.63) is 24.0 Å². The monoisotopic (exact) mass is 476 g/mol. The second-order valence-electron chi connectivity index (χ2n) is 8.91. The summed E-state index contributed by atoms with van der Waals surface area (Å²) >= 11 is 0. The van der Waals surface area contributed by atoms with Crippen LogP contribution in [0.5, 0.6) is 0 Å². The Morgan fingerprint density at radius 2 is 1.88 bits per heavy atom. The minimum Gasteiger partial charge on any atom is -0.379 e. The number of benzene rings is 1. The molecule has 2 fully saturated rings. The summed E-state index contributed by atoms with van der Waals surface area (Å²) in [5, 5.41) is 0. The van der Waals surface area contributed by atoms with E-state index in [1.807, 2.05) is 17.9 Å². The van der Waals surface area contributed by atoms with Crippen LogP contribution in [0.4, 0.5) is 0 Å². The van der Waals surface area contributed by atoms with Gasteiger partial charge in [-0.15, -0.1) is 0 Å². The topological polar surface area (TPSA) is 84.7 Å². The smallest absolute Gasteiger partial charge is 0.243 e. The van der Waals surface area contributed by atoms with E-state index >= 15 is 0 Å². The minimum atomic E-state index is -3.57. The molecule has 2 aliphatic rings.